The maximum atomic E-state index is 3.73. The molecule has 3 heteroatoms. The second-order valence-electron chi connectivity index (χ2n) is 5.97. The highest BCUT2D eigenvalue weighted by Gasteiger charge is 2.22. The first-order valence-electron chi connectivity index (χ1n) is 8.38. The number of rotatable bonds is 5. The predicted molar refractivity (Wildman–Crippen MR) is 108 cm³/mol. The van der Waals surface area contributed by atoms with Crippen LogP contribution in [0.15, 0.2) is 90.0 Å². The van der Waals surface area contributed by atoms with Gasteiger partial charge in [0, 0.05) is 22.2 Å². The summed E-state index contributed by atoms with van der Waals surface area (Å²) in [5.41, 5.74) is 4.86. The minimum Gasteiger partial charge on any atom is -0.374 e. The number of para-hydroxylation sites is 2. The minimum atomic E-state index is 0.0854. The smallest absolute Gasteiger partial charge is 0.0799 e. The Morgan fingerprint density at radius 1 is 0.800 bits per heavy atom. The van der Waals surface area contributed by atoms with Gasteiger partial charge in [0.15, 0.2) is 0 Å². The van der Waals surface area contributed by atoms with Gasteiger partial charge < -0.3 is 10.3 Å². The molecule has 0 spiro atoms. The van der Waals surface area contributed by atoms with Gasteiger partial charge >= 0.3 is 0 Å². The first kappa shape index (κ1) is 15.9. The highest BCUT2D eigenvalue weighted by molar-refractivity contribution is 7.98. The van der Waals surface area contributed by atoms with E-state index in [9.17, 15) is 0 Å². The fraction of sp³-hybridized carbons (Fsp3) is 0.0909. The zero-order valence-electron chi connectivity index (χ0n) is 14.1. The predicted octanol–water partition coefficient (Wildman–Crippen LogP) is 6.09. The van der Waals surface area contributed by atoms with Crippen LogP contribution in [-0.4, -0.2) is 11.2 Å². The van der Waals surface area contributed by atoms with Gasteiger partial charge in [0.05, 0.1) is 11.1 Å². The molecule has 0 bridgehead atoms. The number of hydrogen-bond donors (Lipinski definition) is 2. The van der Waals surface area contributed by atoms with E-state index in [2.05, 4.69) is 95.4 Å². The van der Waals surface area contributed by atoms with Crippen molar-refractivity contribution in [1.82, 2.24) is 4.98 Å². The molecule has 4 rings (SSSR count). The minimum absolute atomic E-state index is 0.0854. The van der Waals surface area contributed by atoms with Gasteiger partial charge in [-0.05, 0) is 30.0 Å². The summed E-state index contributed by atoms with van der Waals surface area (Å²) in [6, 6.07) is 29.6. The van der Waals surface area contributed by atoms with Crippen LogP contribution in [0.1, 0.15) is 17.2 Å². The molecule has 4 aromatic rings. The summed E-state index contributed by atoms with van der Waals surface area (Å²) in [6.07, 6.45) is 2.12. The Labute approximate surface area is 152 Å². The van der Waals surface area contributed by atoms with Gasteiger partial charge in [-0.3, -0.25) is 0 Å². The molecule has 0 unspecified atom stereocenters. The summed E-state index contributed by atoms with van der Waals surface area (Å²) >= 11 is 1.76. The van der Waals surface area contributed by atoms with E-state index in [1.165, 1.54) is 27.1 Å². The fourth-order valence-electron chi connectivity index (χ4n) is 3.26. The molecule has 2 nitrogen and oxygen atoms in total. The summed E-state index contributed by atoms with van der Waals surface area (Å²) in [5.74, 6) is 0. The number of anilines is 1. The van der Waals surface area contributed by atoms with E-state index >= 15 is 0 Å². The molecular formula is C22H20N2S. The molecular weight excluding hydrogens is 324 g/mol. The zero-order chi connectivity index (χ0) is 17.1. The number of nitrogens with one attached hydrogen (secondary N) is 2. The van der Waals surface area contributed by atoms with Gasteiger partial charge in [-0.2, -0.15) is 0 Å². The summed E-state index contributed by atoms with van der Waals surface area (Å²) in [7, 11) is 0. The van der Waals surface area contributed by atoms with Gasteiger partial charge in [-0.15, -0.1) is 11.8 Å². The maximum absolute atomic E-state index is 3.73. The summed E-state index contributed by atoms with van der Waals surface area (Å²) in [5, 5.41) is 6.21. The molecule has 1 atom stereocenters. The first-order chi connectivity index (χ1) is 12.4. The third-order valence-corrected chi connectivity index (χ3v) is 5.15. The van der Waals surface area contributed by atoms with Crippen molar-refractivity contribution >= 4 is 28.4 Å². The van der Waals surface area contributed by atoms with Crippen molar-refractivity contribution in [2.75, 3.05) is 11.6 Å². The fourth-order valence-corrected chi connectivity index (χ4v) is 3.91. The second kappa shape index (κ2) is 7.08. The number of aromatic nitrogens is 1. The van der Waals surface area contributed by atoms with Gasteiger partial charge in [0.1, 0.15) is 0 Å². The van der Waals surface area contributed by atoms with Crippen molar-refractivity contribution in [3.63, 3.8) is 0 Å². The van der Waals surface area contributed by atoms with E-state index in [-0.39, 0.29) is 6.04 Å². The molecule has 124 valence electrons. The Balaban J connectivity index is 1.89. The van der Waals surface area contributed by atoms with E-state index in [0.717, 1.165) is 5.69 Å². The first-order valence-corrected chi connectivity index (χ1v) is 9.60. The molecule has 0 radical (unpaired) electrons. The number of H-pyrrole nitrogens is 1. The molecule has 0 aliphatic carbocycles. The van der Waals surface area contributed by atoms with E-state index in [4.69, 9.17) is 0 Å². The maximum Gasteiger partial charge on any atom is 0.0799 e. The lowest BCUT2D eigenvalue weighted by Gasteiger charge is -2.22. The number of aromatic amines is 1. The number of benzene rings is 3. The number of hydrogen-bond acceptors (Lipinski definition) is 2. The quantitative estimate of drug-likeness (QED) is 0.429. The molecule has 1 heterocycles. The summed E-state index contributed by atoms with van der Waals surface area (Å²) in [6.45, 7) is 0. The standard InChI is InChI=1S/C22H20N2S/c1-25-22-20(18-14-8-9-15-19(18)24-22)21(16-10-4-2-5-11-16)23-17-12-6-3-7-13-17/h2-15,21,23-24H,1H3/t21-/m1/s1. The Morgan fingerprint density at radius 3 is 2.16 bits per heavy atom. The molecule has 0 saturated carbocycles. The van der Waals surface area contributed by atoms with Crippen LogP contribution < -0.4 is 5.32 Å². The highest BCUT2D eigenvalue weighted by Crippen LogP contribution is 2.38. The van der Waals surface area contributed by atoms with Crippen LogP contribution in [0.25, 0.3) is 10.9 Å². The monoisotopic (exact) mass is 344 g/mol. The molecule has 0 aliphatic rings. The van der Waals surface area contributed by atoms with Crippen molar-refractivity contribution < 1.29 is 0 Å². The Bertz CT molecular complexity index is 961. The lowest BCUT2D eigenvalue weighted by atomic mass is 9.97. The van der Waals surface area contributed by atoms with Crippen molar-refractivity contribution in [3.8, 4) is 0 Å². The second-order valence-corrected chi connectivity index (χ2v) is 6.79. The van der Waals surface area contributed by atoms with Crippen LogP contribution in [-0.2, 0) is 0 Å². The molecule has 1 aromatic heterocycles. The van der Waals surface area contributed by atoms with E-state index in [0.29, 0.717) is 0 Å². The molecule has 0 fully saturated rings. The van der Waals surface area contributed by atoms with Crippen molar-refractivity contribution in [2.24, 2.45) is 0 Å². The van der Waals surface area contributed by atoms with Crippen molar-refractivity contribution in [3.05, 3.63) is 96.1 Å². The van der Waals surface area contributed by atoms with Gasteiger partial charge in [-0.25, -0.2) is 0 Å². The summed E-state index contributed by atoms with van der Waals surface area (Å²) < 4.78 is 0. The zero-order valence-corrected chi connectivity index (χ0v) is 14.9. The van der Waals surface area contributed by atoms with Crippen LogP contribution in [0, 0.1) is 0 Å². The Morgan fingerprint density at radius 2 is 1.44 bits per heavy atom. The summed E-state index contributed by atoms with van der Waals surface area (Å²) in [4.78, 5) is 3.57. The topological polar surface area (TPSA) is 27.8 Å². The van der Waals surface area contributed by atoms with Crippen LogP contribution >= 0.6 is 11.8 Å². The van der Waals surface area contributed by atoms with Crippen LogP contribution in [0.2, 0.25) is 0 Å². The van der Waals surface area contributed by atoms with Crippen LogP contribution in [0.5, 0.6) is 0 Å². The van der Waals surface area contributed by atoms with Crippen molar-refractivity contribution in [2.45, 2.75) is 11.1 Å². The highest BCUT2D eigenvalue weighted by atomic mass is 32.2. The van der Waals surface area contributed by atoms with Gasteiger partial charge in [0.2, 0.25) is 0 Å². The van der Waals surface area contributed by atoms with E-state index in [1.807, 2.05) is 6.07 Å². The molecule has 3 aromatic carbocycles. The molecule has 0 amide bonds. The molecule has 2 N–H and O–H groups in total. The van der Waals surface area contributed by atoms with E-state index in [1.54, 1.807) is 11.8 Å². The SMILES string of the molecule is CSc1[nH]c2ccccc2c1[C@H](Nc1ccccc1)c1ccccc1. The lowest BCUT2D eigenvalue weighted by Crippen LogP contribution is -2.12. The molecule has 0 saturated heterocycles. The average Bonchev–Trinajstić information content (AvgIpc) is 3.06. The Kier molecular flexibility index (Phi) is 4.49. The molecule has 0 aliphatic heterocycles. The molecule has 25 heavy (non-hydrogen) atoms. The van der Waals surface area contributed by atoms with Crippen molar-refractivity contribution in [1.29, 1.82) is 0 Å². The van der Waals surface area contributed by atoms with Crippen LogP contribution in [0.3, 0.4) is 0 Å². The normalized spacial score (nSPS) is 12.2. The number of fused-ring (bicyclic) bond motifs is 1. The Hall–Kier alpha value is -2.65. The third kappa shape index (κ3) is 3.15. The lowest BCUT2D eigenvalue weighted by molar-refractivity contribution is 0.912. The van der Waals surface area contributed by atoms with Gasteiger partial charge in [-0.1, -0.05) is 66.7 Å². The average molecular weight is 344 g/mol. The van der Waals surface area contributed by atoms with E-state index < -0.39 is 0 Å². The number of thioether (sulfide) groups is 1. The van der Waals surface area contributed by atoms with Crippen LogP contribution in [0.4, 0.5) is 5.69 Å². The third-order valence-electron chi connectivity index (χ3n) is 4.42. The van der Waals surface area contributed by atoms with Gasteiger partial charge in [0.25, 0.3) is 0 Å². The largest absolute Gasteiger partial charge is 0.374 e.